The van der Waals surface area contributed by atoms with E-state index in [1.54, 1.807) is 38.0 Å². The van der Waals surface area contributed by atoms with Crippen LogP contribution in [0.3, 0.4) is 0 Å². The SMILES string of the molecule is C=C(CCO)C(=O)O.Cc1ccc(-c2nc3ccc(C)cn3c2CC(=O)N(C)C)cc1.Cc1ccc(-c2nc3ccc(C)cn3c2CC(=O)N(C)C)cc1.O=C(O)C(O)C(O)C(=O)O. The molecule has 17 heteroatoms. The molecule has 340 valence electrons. The first-order valence-electron chi connectivity index (χ1n) is 19.9. The van der Waals surface area contributed by atoms with Gasteiger partial charge in [-0.3, -0.25) is 9.59 Å². The van der Waals surface area contributed by atoms with Crippen molar-refractivity contribution in [2.75, 3.05) is 34.8 Å². The predicted octanol–water partition coefficient (Wildman–Crippen LogP) is 4.38. The smallest absolute Gasteiger partial charge is 0.335 e. The van der Waals surface area contributed by atoms with Crippen molar-refractivity contribution in [2.45, 2.75) is 59.2 Å². The third-order valence-electron chi connectivity index (χ3n) is 9.54. The summed E-state index contributed by atoms with van der Waals surface area (Å²) in [6, 6.07) is 24.6. The van der Waals surface area contributed by atoms with E-state index in [0.29, 0.717) is 12.8 Å². The molecule has 0 bridgehead atoms. The van der Waals surface area contributed by atoms with Crippen LogP contribution in [0.2, 0.25) is 0 Å². The van der Waals surface area contributed by atoms with Crippen LogP contribution in [-0.2, 0) is 36.8 Å². The number of pyridine rings is 2. The van der Waals surface area contributed by atoms with Crippen LogP contribution in [0, 0.1) is 27.7 Å². The molecule has 0 saturated carbocycles. The van der Waals surface area contributed by atoms with Gasteiger partial charge in [0.15, 0.2) is 12.2 Å². The molecule has 6 N–H and O–H groups in total. The molecule has 0 fully saturated rings. The number of carboxylic acid groups (broad SMARTS) is 3. The monoisotopic (exact) mass is 880 g/mol. The zero-order valence-electron chi connectivity index (χ0n) is 37.2. The van der Waals surface area contributed by atoms with Crippen LogP contribution < -0.4 is 0 Å². The highest BCUT2D eigenvalue weighted by molar-refractivity contribution is 5.86. The Labute approximate surface area is 370 Å². The molecular weight excluding hydrogens is 825 g/mol. The molecule has 2 aromatic carbocycles. The van der Waals surface area contributed by atoms with Crippen LogP contribution in [-0.4, -0.2) is 136 Å². The molecule has 0 aliphatic heterocycles. The molecule has 2 unspecified atom stereocenters. The third-order valence-corrected chi connectivity index (χ3v) is 9.54. The van der Waals surface area contributed by atoms with E-state index in [1.165, 1.54) is 11.1 Å². The second-order valence-electron chi connectivity index (χ2n) is 15.3. The zero-order valence-corrected chi connectivity index (χ0v) is 37.2. The predicted molar refractivity (Wildman–Crippen MR) is 241 cm³/mol. The van der Waals surface area contributed by atoms with Gasteiger partial charge in [-0.15, -0.1) is 0 Å². The number of fused-ring (bicyclic) bond motifs is 2. The van der Waals surface area contributed by atoms with Gasteiger partial charge in [0, 0.05) is 70.3 Å². The summed E-state index contributed by atoms with van der Waals surface area (Å²) in [7, 11) is 7.12. The van der Waals surface area contributed by atoms with Crippen molar-refractivity contribution >= 4 is 41.0 Å². The Bertz CT molecular complexity index is 2430. The van der Waals surface area contributed by atoms with Crippen LogP contribution in [0.1, 0.15) is 40.1 Å². The summed E-state index contributed by atoms with van der Waals surface area (Å²) in [5.74, 6) is -4.44. The van der Waals surface area contributed by atoms with Crippen molar-refractivity contribution in [3.8, 4) is 22.5 Å². The van der Waals surface area contributed by atoms with Crippen molar-refractivity contribution in [3.63, 3.8) is 0 Å². The molecule has 64 heavy (non-hydrogen) atoms. The normalized spacial score (nSPS) is 11.4. The second kappa shape index (κ2) is 23.3. The molecule has 2 amide bonds. The number of aromatic nitrogens is 4. The Morgan fingerprint density at radius 3 is 1.17 bits per heavy atom. The van der Waals surface area contributed by atoms with Crippen LogP contribution in [0.15, 0.2) is 97.3 Å². The number of nitrogens with zero attached hydrogens (tertiary/aromatic N) is 6. The Hall–Kier alpha value is -7.21. The second-order valence-corrected chi connectivity index (χ2v) is 15.3. The molecule has 17 nitrogen and oxygen atoms in total. The van der Waals surface area contributed by atoms with Crippen molar-refractivity contribution in [3.05, 3.63) is 131 Å². The van der Waals surface area contributed by atoms with Gasteiger partial charge in [0.2, 0.25) is 11.8 Å². The van der Waals surface area contributed by atoms with Crippen molar-refractivity contribution in [1.29, 1.82) is 0 Å². The quantitative estimate of drug-likeness (QED) is 0.0936. The molecule has 2 atom stereocenters. The summed E-state index contributed by atoms with van der Waals surface area (Å²) in [4.78, 5) is 66.7. The Morgan fingerprint density at radius 2 is 0.906 bits per heavy atom. The van der Waals surface area contributed by atoms with Gasteiger partial charge in [-0.25, -0.2) is 24.4 Å². The number of aliphatic hydroxyl groups excluding tert-OH is 3. The van der Waals surface area contributed by atoms with Crippen LogP contribution in [0.5, 0.6) is 0 Å². The Balaban J connectivity index is 0.000000249. The largest absolute Gasteiger partial charge is 0.479 e. The topological polar surface area (TPSA) is 248 Å². The maximum atomic E-state index is 12.3. The number of aliphatic hydroxyl groups is 3. The van der Waals surface area contributed by atoms with Crippen LogP contribution in [0.25, 0.3) is 33.8 Å². The van der Waals surface area contributed by atoms with E-state index in [0.717, 1.165) is 56.3 Å². The van der Waals surface area contributed by atoms with Crippen molar-refractivity contribution in [2.24, 2.45) is 0 Å². The number of hydrogen-bond donors (Lipinski definition) is 6. The standard InChI is InChI=1S/2C19H21N3O.C5H8O3.C4H6O6/c2*1-13-5-8-15(9-6-13)19-16(11-18(23)21(3)4)22-12-14(2)7-10-17(22)20-19;1-4(2-3-6)5(7)8;5-1(3(7)8)2(6)4(9)10/h2*5-10,12H,11H2,1-4H3;6H,1-3H2,(H,7,8);1-2,5-6H,(H,7,8)(H,9,10). The zero-order chi connectivity index (χ0) is 48.0. The van der Waals surface area contributed by atoms with Crippen molar-refractivity contribution in [1.82, 2.24) is 28.6 Å². The van der Waals surface area contributed by atoms with E-state index >= 15 is 0 Å². The van der Waals surface area contributed by atoms with Crippen molar-refractivity contribution < 1.29 is 54.6 Å². The molecule has 6 rings (SSSR count). The molecular formula is C47H56N6O11. The molecule has 0 aliphatic carbocycles. The number of aryl methyl sites for hydroxylation is 4. The number of aliphatic carboxylic acids is 3. The lowest BCUT2D eigenvalue weighted by molar-refractivity contribution is -0.165. The Morgan fingerprint density at radius 1 is 0.578 bits per heavy atom. The molecule has 6 aromatic rings. The van der Waals surface area contributed by atoms with E-state index in [1.807, 2.05) is 59.3 Å². The number of carbonyl (C=O) groups is 5. The first kappa shape index (κ1) is 51.1. The highest BCUT2D eigenvalue weighted by atomic mass is 16.4. The highest BCUT2D eigenvalue weighted by Gasteiger charge is 2.29. The van der Waals surface area contributed by atoms with Gasteiger partial charge in [-0.2, -0.15) is 0 Å². The lowest BCUT2D eigenvalue weighted by Crippen LogP contribution is -2.39. The number of amides is 2. The molecule has 4 aromatic heterocycles. The van der Waals surface area contributed by atoms with Gasteiger partial charge in [0.1, 0.15) is 11.3 Å². The van der Waals surface area contributed by atoms with Gasteiger partial charge >= 0.3 is 17.9 Å². The molecule has 0 aliphatic rings. The molecule has 0 saturated heterocycles. The summed E-state index contributed by atoms with van der Waals surface area (Å²) in [6.07, 6.45) is 0.364. The summed E-state index contributed by atoms with van der Waals surface area (Å²) in [5.41, 5.74) is 12.2. The molecule has 0 spiro atoms. The lowest BCUT2D eigenvalue weighted by Gasteiger charge is -2.11. The van der Waals surface area contributed by atoms with Gasteiger partial charge < -0.3 is 49.2 Å². The maximum Gasteiger partial charge on any atom is 0.335 e. The fourth-order valence-corrected chi connectivity index (χ4v) is 5.74. The molecule has 4 heterocycles. The highest BCUT2D eigenvalue weighted by Crippen LogP contribution is 2.27. The van der Waals surface area contributed by atoms with Gasteiger partial charge in [0.05, 0.1) is 35.6 Å². The minimum absolute atomic E-state index is 0.0486. The minimum Gasteiger partial charge on any atom is -0.479 e. The van der Waals surface area contributed by atoms with Crippen LogP contribution >= 0.6 is 0 Å². The van der Waals surface area contributed by atoms with E-state index in [2.05, 4.69) is 69.0 Å². The first-order valence-corrected chi connectivity index (χ1v) is 19.9. The molecule has 0 radical (unpaired) electrons. The number of carboxylic acids is 3. The fourth-order valence-electron chi connectivity index (χ4n) is 5.74. The Kier molecular flexibility index (Phi) is 18.6. The average Bonchev–Trinajstić information content (AvgIpc) is 3.78. The summed E-state index contributed by atoms with van der Waals surface area (Å²) >= 11 is 0. The first-order chi connectivity index (χ1) is 30.0. The third kappa shape index (κ3) is 14.2. The lowest BCUT2D eigenvalue weighted by atomic mass is 10.1. The number of imidazole rings is 2. The minimum atomic E-state index is -2.27. The average molecular weight is 881 g/mol. The van der Waals surface area contributed by atoms with E-state index in [4.69, 9.17) is 40.6 Å². The van der Waals surface area contributed by atoms with Crippen LogP contribution in [0.4, 0.5) is 0 Å². The summed E-state index contributed by atoms with van der Waals surface area (Å²) in [6.45, 7) is 11.3. The summed E-state index contributed by atoms with van der Waals surface area (Å²) in [5, 5.41) is 48.8. The van der Waals surface area contributed by atoms with E-state index in [-0.39, 0.29) is 30.4 Å². The summed E-state index contributed by atoms with van der Waals surface area (Å²) < 4.78 is 4.07. The number of hydrogen-bond acceptors (Lipinski definition) is 10. The fraction of sp³-hybridized carbons (Fsp3) is 0.298. The van der Waals surface area contributed by atoms with E-state index in [9.17, 15) is 24.0 Å². The number of likely N-dealkylation sites (N-methyl/N-ethyl adjacent to an activating group) is 2. The maximum absolute atomic E-state index is 12.3. The number of carbonyl (C=O) groups excluding carboxylic acids is 2. The van der Waals surface area contributed by atoms with Gasteiger partial charge in [0.25, 0.3) is 0 Å². The van der Waals surface area contributed by atoms with E-state index < -0.39 is 30.1 Å². The number of rotatable bonds is 12. The van der Waals surface area contributed by atoms with Gasteiger partial charge in [-0.1, -0.05) is 78.4 Å². The number of benzene rings is 2. The van der Waals surface area contributed by atoms with Gasteiger partial charge in [-0.05, 0) is 51.0 Å².